The number of hydrogen-bond acceptors (Lipinski definition) is 3. The summed E-state index contributed by atoms with van der Waals surface area (Å²) >= 11 is 5.95. The van der Waals surface area contributed by atoms with Crippen LogP contribution in [0.15, 0.2) is 24.3 Å². The standard InChI is InChI=1S/C16H17ClF3N3O3/c1-3-15(10-5-4-6-11(17)7-10)13(25)23(14(26)22-15)9(2)12(24)21-8-16(18,19)20/h4-7,9H,3,8H2,1-2H3,(H,21,24)(H,22,26). The lowest BCUT2D eigenvalue weighted by Gasteiger charge is -2.27. The first-order chi connectivity index (χ1) is 12.0. The molecule has 0 aromatic heterocycles. The second-order valence-corrected chi connectivity index (χ2v) is 6.32. The lowest BCUT2D eigenvalue weighted by Crippen LogP contribution is -2.51. The minimum Gasteiger partial charge on any atom is -0.345 e. The zero-order chi connectivity index (χ0) is 19.7. The Bertz CT molecular complexity index is 741. The average molecular weight is 392 g/mol. The van der Waals surface area contributed by atoms with Crippen LogP contribution in [0, 0.1) is 0 Å². The summed E-state index contributed by atoms with van der Waals surface area (Å²) in [5.74, 6) is -1.80. The summed E-state index contributed by atoms with van der Waals surface area (Å²) in [5, 5.41) is 4.57. The molecule has 0 radical (unpaired) electrons. The first kappa shape index (κ1) is 20.0. The molecule has 2 rings (SSSR count). The normalized spacial score (nSPS) is 21.5. The van der Waals surface area contributed by atoms with Crippen LogP contribution < -0.4 is 10.6 Å². The van der Waals surface area contributed by atoms with Gasteiger partial charge in [0.2, 0.25) is 5.91 Å². The summed E-state index contributed by atoms with van der Waals surface area (Å²) in [5.41, 5.74) is -1.00. The van der Waals surface area contributed by atoms with E-state index in [0.29, 0.717) is 15.5 Å². The number of rotatable bonds is 5. The predicted octanol–water partition coefficient (Wildman–Crippen LogP) is 2.56. The predicted molar refractivity (Wildman–Crippen MR) is 87.3 cm³/mol. The Morgan fingerprint density at radius 3 is 2.58 bits per heavy atom. The van der Waals surface area contributed by atoms with E-state index in [1.165, 1.54) is 13.0 Å². The molecule has 1 aliphatic heterocycles. The molecule has 0 saturated carbocycles. The van der Waals surface area contributed by atoms with Gasteiger partial charge in [0.25, 0.3) is 5.91 Å². The van der Waals surface area contributed by atoms with Crippen molar-refractivity contribution in [1.29, 1.82) is 0 Å². The van der Waals surface area contributed by atoms with Gasteiger partial charge in [0.15, 0.2) is 0 Å². The molecule has 6 nitrogen and oxygen atoms in total. The Kier molecular flexibility index (Phi) is 5.50. The van der Waals surface area contributed by atoms with Gasteiger partial charge >= 0.3 is 12.2 Å². The molecular formula is C16H17ClF3N3O3. The van der Waals surface area contributed by atoms with Crippen molar-refractivity contribution in [2.45, 2.75) is 38.0 Å². The minimum absolute atomic E-state index is 0.172. The number of carbonyl (C=O) groups excluding carboxylic acids is 3. The summed E-state index contributed by atoms with van der Waals surface area (Å²) in [6.45, 7) is 1.30. The summed E-state index contributed by atoms with van der Waals surface area (Å²) in [4.78, 5) is 37.8. The molecular weight excluding hydrogens is 375 g/mol. The second-order valence-electron chi connectivity index (χ2n) is 5.88. The monoisotopic (exact) mass is 391 g/mol. The van der Waals surface area contributed by atoms with E-state index in [9.17, 15) is 27.6 Å². The van der Waals surface area contributed by atoms with Gasteiger partial charge in [-0.05, 0) is 31.0 Å². The molecule has 1 aromatic carbocycles. The number of carbonyl (C=O) groups is 3. The molecule has 1 aromatic rings. The smallest absolute Gasteiger partial charge is 0.345 e. The molecule has 0 spiro atoms. The maximum absolute atomic E-state index is 12.9. The number of urea groups is 1. The lowest BCUT2D eigenvalue weighted by molar-refractivity contribution is -0.144. The number of imide groups is 1. The van der Waals surface area contributed by atoms with Gasteiger partial charge in [-0.2, -0.15) is 13.2 Å². The fraction of sp³-hybridized carbons (Fsp3) is 0.438. The number of halogens is 4. The van der Waals surface area contributed by atoms with Crippen molar-refractivity contribution in [3.8, 4) is 0 Å². The third-order valence-electron chi connectivity index (χ3n) is 4.20. The van der Waals surface area contributed by atoms with Crippen LogP contribution in [0.2, 0.25) is 5.02 Å². The third kappa shape index (κ3) is 3.77. The topological polar surface area (TPSA) is 78.5 Å². The Morgan fingerprint density at radius 2 is 2.04 bits per heavy atom. The molecule has 4 amide bonds. The maximum atomic E-state index is 12.9. The van der Waals surface area contributed by atoms with Crippen LogP contribution in [-0.4, -0.2) is 41.5 Å². The van der Waals surface area contributed by atoms with Crippen LogP contribution in [0.4, 0.5) is 18.0 Å². The summed E-state index contributed by atoms with van der Waals surface area (Å²) in [6.07, 6.45) is -4.42. The van der Waals surface area contributed by atoms with Crippen LogP contribution in [0.25, 0.3) is 0 Å². The highest BCUT2D eigenvalue weighted by Crippen LogP contribution is 2.34. The first-order valence-electron chi connectivity index (χ1n) is 7.78. The van der Waals surface area contributed by atoms with Crippen LogP contribution in [0.5, 0.6) is 0 Å². The highest BCUT2D eigenvalue weighted by Gasteiger charge is 2.53. The van der Waals surface area contributed by atoms with Crippen molar-refractivity contribution in [1.82, 2.24) is 15.5 Å². The molecule has 142 valence electrons. The van der Waals surface area contributed by atoms with Gasteiger partial charge in [-0.3, -0.25) is 9.59 Å². The van der Waals surface area contributed by atoms with Crippen molar-refractivity contribution >= 4 is 29.4 Å². The van der Waals surface area contributed by atoms with Gasteiger partial charge in [-0.1, -0.05) is 30.7 Å². The summed E-state index contributed by atoms with van der Waals surface area (Å²) in [7, 11) is 0. The van der Waals surface area contributed by atoms with Gasteiger partial charge in [-0.25, -0.2) is 9.69 Å². The zero-order valence-corrected chi connectivity index (χ0v) is 14.7. The van der Waals surface area contributed by atoms with Crippen LogP contribution >= 0.6 is 11.6 Å². The molecule has 2 N–H and O–H groups in total. The van der Waals surface area contributed by atoms with E-state index in [2.05, 4.69) is 5.32 Å². The largest absolute Gasteiger partial charge is 0.405 e. The molecule has 1 saturated heterocycles. The van der Waals surface area contributed by atoms with Gasteiger partial charge in [0.05, 0.1) is 0 Å². The molecule has 0 bridgehead atoms. The van der Waals surface area contributed by atoms with Crippen molar-refractivity contribution < 1.29 is 27.6 Å². The summed E-state index contributed by atoms with van der Waals surface area (Å²) in [6, 6.07) is 4.06. The van der Waals surface area contributed by atoms with Crippen molar-refractivity contribution in [3.05, 3.63) is 34.9 Å². The molecule has 10 heteroatoms. The number of alkyl halides is 3. The quantitative estimate of drug-likeness (QED) is 0.757. The number of benzene rings is 1. The minimum atomic E-state index is -4.60. The summed E-state index contributed by atoms with van der Waals surface area (Å²) < 4.78 is 36.8. The van der Waals surface area contributed by atoms with E-state index >= 15 is 0 Å². The molecule has 26 heavy (non-hydrogen) atoms. The van der Waals surface area contributed by atoms with E-state index in [4.69, 9.17) is 11.6 Å². The number of nitrogens with zero attached hydrogens (tertiary/aromatic N) is 1. The van der Waals surface area contributed by atoms with Gasteiger partial charge < -0.3 is 10.6 Å². The highest BCUT2D eigenvalue weighted by molar-refractivity contribution is 6.30. The van der Waals surface area contributed by atoms with Crippen LogP contribution in [0.3, 0.4) is 0 Å². The molecule has 0 aliphatic carbocycles. The van der Waals surface area contributed by atoms with E-state index in [0.717, 1.165) is 0 Å². The number of hydrogen-bond donors (Lipinski definition) is 2. The maximum Gasteiger partial charge on any atom is 0.405 e. The molecule has 1 aliphatic rings. The molecule has 2 atom stereocenters. The van der Waals surface area contributed by atoms with Gasteiger partial charge in [-0.15, -0.1) is 0 Å². The van der Waals surface area contributed by atoms with Crippen LogP contribution in [-0.2, 0) is 15.1 Å². The Morgan fingerprint density at radius 1 is 1.38 bits per heavy atom. The van der Waals surface area contributed by atoms with Gasteiger partial charge in [0, 0.05) is 5.02 Å². The SMILES string of the molecule is CCC1(c2cccc(Cl)c2)NC(=O)N(C(C)C(=O)NCC(F)(F)F)C1=O. The van der Waals surface area contributed by atoms with E-state index in [1.54, 1.807) is 30.4 Å². The number of nitrogens with one attached hydrogen (secondary N) is 2. The Balaban J connectivity index is 2.28. The highest BCUT2D eigenvalue weighted by atomic mass is 35.5. The molecule has 1 heterocycles. The molecule has 1 fully saturated rings. The fourth-order valence-electron chi connectivity index (χ4n) is 2.79. The Hall–Kier alpha value is -2.29. The van der Waals surface area contributed by atoms with Crippen LogP contribution in [0.1, 0.15) is 25.8 Å². The third-order valence-corrected chi connectivity index (χ3v) is 4.44. The zero-order valence-electron chi connectivity index (χ0n) is 14.0. The van der Waals surface area contributed by atoms with E-state index < -0.39 is 42.1 Å². The Labute approximate surface area is 152 Å². The number of amides is 4. The van der Waals surface area contributed by atoms with Gasteiger partial charge in [0.1, 0.15) is 18.1 Å². The lowest BCUT2D eigenvalue weighted by atomic mass is 9.87. The van der Waals surface area contributed by atoms with Crippen molar-refractivity contribution in [2.24, 2.45) is 0 Å². The fourth-order valence-corrected chi connectivity index (χ4v) is 2.98. The van der Waals surface area contributed by atoms with Crippen molar-refractivity contribution in [2.75, 3.05) is 6.54 Å². The molecule has 2 unspecified atom stereocenters. The average Bonchev–Trinajstić information content (AvgIpc) is 2.82. The van der Waals surface area contributed by atoms with E-state index in [-0.39, 0.29) is 6.42 Å². The van der Waals surface area contributed by atoms with Crippen molar-refractivity contribution in [3.63, 3.8) is 0 Å². The first-order valence-corrected chi connectivity index (χ1v) is 8.16. The second kappa shape index (κ2) is 7.14. The van der Waals surface area contributed by atoms with E-state index in [1.807, 2.05) is 0 Å².